The van der Waals surface area contributed by atoms with Gasteiger partial charge in [-0.15, -0.1) is 0 Å². The van der Waals surface area contributed by atoms with Crippen LogP contribution in [0.1, 0.15) is 28.7 Å². The standard InChI is InChI=1S/C26H23FN2/c27-25-11-10-22-14-19(15-24(22)17-25)5-4-18-6-8-20(9-7-18)21-2-1-3-23(16-21)26-28-12-13-29-26/h1-3,6-12,16-17,19H,4-5,13-15H2. The zero-order chi connectivity index (χ0) is 19.6. The van der Waals surface area contributed by atoms with Crippen LogP contribution in [0.3, 0.4) is 0 Å². The highest BCUT2D eigenvalue weighted by Crippen LogP contribution is 2.30. The van der Waals surface area contributed by atoms with E-state index in [0.29, 0.717) is 12.5 Å². The van der Waals surface area contributed by atoms with E-state index in [1.165, 1.54) is 27.8 Å². The molecular formula is C26H23FN2. The minimum absolute atomic E-state index is 0.115. The lowest BCUT2D eigenvalue weighted by Crippen LogP contribution is -2.01. The van der Waals surface area contributed by atoms with Crippen molar-refractivity contribution in [3.05, 3.63) is 94.8 Å². The quantitative estimate of drug-likeness (QED) is 0.543. The van der Waals surface area contributed by atoms with Crippen molar-refractivity contribution in [1.82, 2.24) is 0 Å². The van der Waals surface area contributed by atoms with Crippen LogP contribution in [0.2, 0.25) is 0 Å². The molecule has 3 heteroatoms. The Morgan fingerprint density at radius 3 is 2.48 bits per heavy atom. The van der Waals surface area contributed by atoms with Crippen LogP contribution in [0.25, 0.3) is 11.1 Å². The molecule has 0 fully saturated rings. The van der Waals surface area contributed by atoms with Gasteiger partial charge in [0.05, 0.1) is 6.54 Å². The topological polar surface area (TPSA) is 24.7 Å². The molecule has 1 atom stereocenters. The average molecular weight is 382 g/mol. The Morgan fingerprint density at radius 2 is 1.66 bits per heavy atom. The highest BCUT2D eigenvalue weighted by atomic mass is 19.1. The Balaban J connectivity index is 1.23. The molecule has 2 aliphatic rings. The normalized spacial score (nSPS) is 17.4. The molecule has 0 N–H and O–H groups in total. The molecule has 29 heavy (non-hydrogen) atoms. The summed E-state index contributed by atoms with van der Waals surface area (Å²) in [5.74, 6) is 1.33. The van der Waals surface area contributed by atoms with Gasteiger partial charge in [0.25, 0.3) is 0 Å². The van der Waals surface area contributed by atoms with Gasteiger partial charge in [-0.3, -0.25) is 4.99 Å². The summed E-state index contributed by atoms with van der Waals surface area (Å²) < 4.78 is 13.4. The number of hydrogen-bond acceptors (Lipinski definition) is 2. The van der Waals surface area contributed by atoms with Crippen molar-refractivity contribution in [2.75, 3.05) is 6.54 Å². The number of hydrogen-bond donors (Lipinski definition) is 0. The number of aryl methyl sites for hydroxylation is 1. The molecule has 144 valence electrons. The van der Waals surface area contributed by atoms with Gasteiger partial charge in [-0.2, -0.15) is 0 Å². The third kappa shape index (κ3) is 3.91. The molecule has 0 aromatic heterocycles. The van der Waals surface area contributed by atoms with Crippen molar-refractivity contribution < 1.29 is 4.39 Å². The van der Waals surface area contributed by atoms with E-state index in [4.69, 9.17) is 0 Å². The van der Waals surface area contributed by atoms with Crippen LogP contribution in [0.5, 0.6) is 0 Å². The molecular weight excluding hydrogens is 359 g/mol. The minimum atomic E-state index is -0.115. The summed E-state index contributed by atoms with van der Waals surface area (Å²) >= 11 is 0. The van der Waals surface area contributed by atoms with Crippen LogP contribution in [-0.4, -0.2) is 18.6 Å². The lowest BCUT2D eigenvalue weighted by atomic mass is 9.95. The lowest BCUT2D eigenvalue weighted by molar-refractivity contribution is 0.514. The second-order valence-corrected chi connectivity index (χ2v) is 7.98. The minimum Gasteiger partial charge on any atom is -0.260 e. The molecule has 0 amide bonds. The number of benzene rings is 3. The predicted molar refractivity (Wildman–Crippen MR) is 117 cm³/mol. The number of amidine groups is 1. The Morgan fingerprint density at radius 1 is 0.828 bits per heavy atom. The average Bonchev–Trinajstić information content (AvgIpc) is 3.42. The summed E-state index contributed by atoms with van der Waals surface area (Å²) in [6.45, 7) is 0.676. The first kappa shape index (κ1) is 18.0. The molecule has 1 heterocycles. The predicted octanol–water partition coefficient (Wildman–Crippen LogP) is 5.67. The van der Waals surface area contributed by atoms with Gasteiger partial charge < -0.3 is 0 Å². The second kappa shape index (κ2) is 7.75. The molecule has 0 saturated heterocycles. The van der Waals surface area contributed by atoms with Crippen molar-refractivity contribution in [2.45, 2.75) is 25.7 Å². The van der Waals surface area contributed by atoms with Gasteiger partial charge in [-0.1, -0.05) is 48.5 Å². The van der Waals surface area contributed by atoms with Gasteiger partial charge in [-0.25, -0.2) is 9.38 Å². The van der Waals surface area contributed by atoms with Gasteiger partial charge in [-0.05, 0) is 77.6 Å². The first-order valence-corrected chi connectivity index (χ1v) is 10.3. The summed E-state index contributed by atoms with van der Waals surface area (Å²) in [6.07, 6.45) is 6.13. The van der Waals surface area contributed by atoms with E-state index in [9.17, 15) is 4.39 Å². The summed E-state index contributed by atoms with van der Waals surface area (Å²) in [6, 6.07) is 22.5. The van der Waals surface area contributed by atoms with Crippen molar-refractivity contribution in [1.29, 1.82) is 0 Å². The summed E-state index contributed by atoms with van der Waals surface area (Å²) in [7, 11) is 0. The fourth-order valence-electron chi connectivity index (χ4n) is 4.42. The monoisotopic (exact) mass is 382 g/mol. The SMILES string of the molecule is Fc1ccc2c(c1)CC(CCc1ccc(-c3cccc(C4=NCC=N4)c3)cc1)C2. The van der Waals surface area contributed by atoms with Crippen LogP contribution in [0.15, 0.2) is 76.7 Å². The molecule has 5 rings (SSSR count). The van der Waals surface area contributed by atoms with Crippen LogP contribution in [-0.2, 0) is 19.3 Å². The van der Waals surface area contributed by atoms with Crippen LogP contribution in [0, 0.1) is 11.7 Å². The molecule has 0 bridgehead atoms. The summed E-state index contributed by atoms with van der Waals surface area (Å²) in [5.41, 5.74) is 7.34. The number of rotatable bonds is 5. The van der Waals surface area contributed by atoms with E-state index in [1.54, 1.807) is 12.1 Å². The molecule has 0 spiro atoms. The van der Waals surface area contributed by atoms with Gasteiger partial charge in [0.1, 0.15) is 5.82 Å². The maximum absolute atomic E-state index is 13.4. The molecule has 3 aromatic carbocycles. The highest BCUT2D eigenvalue weighted by Gasteiger charge is 2.21. The molecule has 1 unspecified atom stereocenters. The van der Waals surface area contributed by atoms with Crippen molar-refractivity contribution in [2.24, 2.45) is 15.9 Å². The van der Waals surface area contributed by atoms with E-state index in [0.717, 1.165) is 37.1 Å². The molecule has 1 aliphatic carbocycles. The van der Waals surface area contributed by atoms with E-state index < -0.39 is 0 Å². The zero-order valence-corrected chi connectivity index (χ0v) is 16.3. The zero-order valence-electron chi connectivity index (χ0n) is 16.3. The third-order valence-electron chi connectivity index (χ3n) is 5.97. The Labute approximate surface area is 170 Å². The Bertz CT molecular complexity index is 1100. The Kier molecular flexibility index (Phi) is 4.81. The van der Waals surface area contributed by atoms with Gasteiger partial charge >= 0.3 is 0 Å². The fraction of sp³-hybridized carbons (Fsp3) is 0.231. The third-order valence-corrected chi connectivity index (χ3v) is 5.97. The Hall–Kier alpha value is -3.07. The van der Waals surface area contributed by atoms with Crippen molar-refractivity contribution in [3.8, 4) is 11.1 Å². The maximum Gasteiger partial charge on any atom is 0.154 e. The van der Waals surface area contributed by atoms with Crippen molar-refractivity contribution in [3.63, 3.8) is 0 Å². The molecule has 3 aromatic rings. The van der Waals surface area contributed by atoms with E-state index >= 15 is 0 Å². The molecule has 0 radical (unpaired) electrons. The van der Waals surface area contributed by atoms with E-state index in [-0.39, 0.29) is 5.82 Å². The summed E-state index contributed by atoms with van der Waals surface area (Å²) in [5, 5.41) is 0. The smallest absolute Gasteiger partial charge is 0.154 e. The molecule has 2 nitrogen and oxygen atoms in total. The van der Waals surface area contributed by atoms with Gasteiger partial charge in [0.15, 0.2) is 5.84 Å². The lowest BCUT2D eigenvalue weighted by Gasteiger charge is -2.10. The van der Waals surface area contributed by atoms with E-state index in [1.807, 2.05) is 12.3 Å². The second-order valence-electron chi connectivity index (χ2n) is 7.98. The number of fused-ring (bicyclic) bond motifs is 1. The fourth-order valence-corrected chi connectivity index (χ4v) is 4.42. The van der Waals surface area contributed by atoms with Crippen LogP contribution >= 0.6 is 0 Å². The maximum atomic E-state index is 13.4. The largest absolute Gasteiger partial charge is 0.260 e. The summed E-state index contributed by atoms with van der Waals surface area (Å²) in [4.78, 5) is 8.75. The number of halogens is 1. The van der Waals surface area contributed by atoms with E-state index in [2.05, 4.69) is 58.5 Å². The number of aliphatic imine (C=N–C) groups is 2. The van der Waals surface area contributed by atoms with Crippen LogP contribution < -0.4 is 0 Å². The first-order valence-electron chi connectivity index (χ1n) is 10.3. The number of nitrogens with zero attached hydrogens (tertiary/aromatic N) is 2. The highest BCUT2D eigenvalue weighted by molar-refractivity contribution is 6.06. The van der Waals surface area contributed by atoms with Crippen molar-refractivity contribution >= 4 is 12.1 Å². The molecule has 1 aliphatic heterocycles. The first-order chi connectivity index (χ1) is 14.2. The van der Waals surface area contributed by atoms with Gasteiger partial charge in [0.2, 0.25) is 0 Å². The van der Waals surface area contributed by atoms with Gasteiger partial charge in [0, 0.05) is 11.8 Å². The van der Waals surface area contributed by atoms with Crippen LogP contribution in [0.4, 0.5) is 4.39 Å². The molecule has 0 saturated carbocycles.